The minimum absolute atomic E-state index is 0. The highest BCUT2D eigenvalue weighted by Gasteiger charge is 2.42. The Morgan fingerprint density at radius 2 is 1.65 bits per heavy atom. The molecule has 1 saturated heterocycles. The number of nitrogens with zero attached hydrogens (tertiary/aromatic N) is 2. The number of hydrogen-bond donors (Lipinski definition) is 1. The van der Waals surface area contributed by atoms with Gasteiger partial charge in [0.25, 0.3) is 0 Å². The second-order valence-electron chi connectivity index (χ2n) is 4.45. The van der Waals surface area contributed by atoms with Crippen molar-refractivity contribution in [1.29, 1.82) is 0 Å². The van der Waals surface area contributed by atoms with E-state index in [2.05, 4.69) is 0 Å². The topological polar surface area (TPSA) is 49.6 Å². The summed E-state index contributed by atoms with van der Waals surface area (Å²) in [6.07, 6.45) is -3.67. The largest absolute Gasteiger partial charge is 0.339 e. The Balaban J connectivity index is 0. The van der Waals surface area contributed by atoms with Gasteiger partial charge in [-0.25, -0.2) is 8.78 Å². The first kappa shape index (κ1) is 22.0. The molecule has 122 valence electrons. The summed E-state index contributed by atoms with van der Waals surface area (Å²) >= 11 is 0. The third-order valence-corrected chi connectivity index (χ3v) is 2.83. The van der Waals surface area contributed by atoms with E-state index in [1.807, 2.05) is 0 Å². The molecule has 0 saturated carbocycles. The van der Waals surface area contributed by atoms with Crippen LogP contribution in [0, 0.1) is 0 Å². The average molecular weight is 344 g/mol. The molecule has 0 unspecified atom stereocenters. The lowest BCUT2D eigenvalue weighted by Crippen LogP contribution is -2.55. The lowest BCUT2D eigenvalue weighted by molar-refractivity contribution is -0.148. The van der Waals surface area contributed by atoms with Gasteiger partial charge in [-0.2, -0.15) is 8.78 Å². The maximum absolute atomic E-state index is 12.8. The maximum Gasteiger partial charge on any atom is 0.319 e. The standard InChI is InChI=1S/C10H17F4N3O.2ClH/c1-7(15)8(18)17-4-2-16(3-5-17)6-10(13,14)9(11)12;;/h7,9H,2-6,15H2,1H3;2*1H/t7-;;/m1../s1. The smallest absolute Gasteiger partial charge is 0.319 e. The zero-order valence-corrected chi connectivity index (χ0v) is 12.5. The molecule has 4 nitrogen and oxygen atoms in total. The second kappa shape index (κ2) is 8.86. The van der Waals surface area contributed by atoms with Gasteiger partial charge in [0.1, 0.15) is 0 Å². The van der Waals surface area contributed by atoms with Crippen molar-refractivity contribution in [1.82, 2.24) is 9.80 Å². The fourth-order valence-electron chi connectivity index (χ4n) is 1.78. The van der Waals surface area contributed by atoms with Gasteiger partial charge in [-0.15, -0.1) is 24.8 Å². The Bertz CT molecular complexity index is 300. The number of carbonyl (C=O) groups is 1. The predicted molar refractivity (Wildman–Crippen MR) is 72.1 cm³/mol. The number of alkyl halides is 4. The first-order valence-electron chi connectivity index (χ1n) is 5.66. The van der Waals surface area contributed by atoms with Crippen LogP contribution in [0.1, 0.15) is 6.92 Å². The molecule has 1 aliphatic rings. The molecule has 0 radical (unpaired) electrons. The zero-order chi connectivity index (χ0) is 13.9. The minimum Gasteiger partial charge on any atom is -0.339 e. The van der Waals surface area contributed by atoms with Crippen LogP contribution in [-0.2, 0) is 4.79 Å². The van der Waals surface area contributed by atoms with Crippen molar-refractivity contribution in [3.8, 4) is 0 Å². The third kappa shape index (κ3) is 5.99. The van der Waals surface area contributed by atoms with Crippen LogP contribution in [0.2, 0.25) is 0 Å². The van der Waals surface area contributed by atoms with Gasteiger partial charge in [-0.3, -0.25) is 9.69 Å². The van der Waals surface area contributed by atoms with Crippen LogP contribution in [0.25, 0.3) is 0 Å². The predicted octanol–water partition coefficient (Wildman–Crippen LogP) is 1.22. The van der Waals surface area contributed by atoms with Crippen LogP contribution in [0.3, 0.4) is 0 Å². The monoisotopic (exact) mass is 343 g/mol. The Hall–Kier alpha value is -0.310. The van der Waals surface area contributed by atoms with Gasteiger partial charge < -0.3 is 10.6 Å². The molecule has 1 atom stereocenters. The van der Waals surface area contributed by atoms with Crippen molar-refractivity contribution >= 4 is 30.7 Å². The first-order valence-corrected chi connectivity index (χ1v) is 5.66. The molecule has 0 aromatic carbocycles. The first-order chi connectivity index (χ1) is 8.24. The van der Waals surface area contributed by atoms with Crippen molar-refractivity contribution in [3.63, 3.8) is 0 Å². The van der Waals surface area contributed by atoms with Crippen molar-refractivity contribution in [2.45, 2.75) is 25.3 Å². The van der Waals surface area contributed by atoms with Crippen molar-refractivity contribution in [2.75, 3.05) is 32.7 Å². The Labute approximate surface area is 127 Å². The molecule has 1 rings (SSSR count). The number of amides is 1. The quantitative estimate of drug-likeness (QED) is 0.781. The highest BCUT2D eigenvalue weighted by Crippen LogP contribution is 2.24. The molecule has 1 aliphatic heterocycles. The van der Waals surface area contributed by atoms with E-state index in [0.717, 1.165) is 0 Å². The number of halogens is 6. The molecule has 0 bridgehead atoms. The van der Waals surface area contributed by atoms with Gasteiger partial charge in [0.05, 0.1) is 12.6 Å². The molecule has 0 aromatic rings. The van der Waals surface area contributed by atoms with Crippen LogP contribution in [-0.4, -0.2) is 66.8 Å². The minimum atomic E-state index is -4.01. The summed E-state index contributed by atoms with van der Waals surface area (Å²) in [7, 11) is 0. The van der Waals surface area contributed by atoms with Crippen LogP contribution in [0.4, 0.5) is 17.6 Å². The van der Waals surface area contributed by atoms with E-state index in [1.165, 1.54) is 9.80 Å². The van der Waals surface area contributed by atoms with E-state index in [-0.39, 0.29) is 56.9 Å². The van der Waals surface area contributed by atoms with Crippen molar-refractivity contribution < 1.29 is 22.4 Å². The van der Waals surface area contributed by atoms with E-state index < -0.39 is 24.9 Å². The molecular formula is C10H19Cl2F4N3O. The second-order valence-corrected chi connectivity index (χ2v) is 4.45. The van der Waals surface area contributed by atoms with E-state index in [9.17, 15) is 22.4 Å². The molecule has 10 heteroatoms. The molecule has 20 heavy (non-hydrogen) atoms. The van der Waals surface area contributed by atoms with E-state index in [1.54, 1.807) is 6.92 Å². The van der Waals surface area contributed by atoms with Crippen LogP contribution >= 0.6 is 24.8 Å². The summed E-state index contributed by atoms with van der Waals surface area (Å²) in [5.74, 6) is -4.26. The molecule has 0 aromatic heterocycles. The highest BCUT2D eigenvalue weighted by atomic mass is 35.5. The van der Waals surface area contributed by atoms with Crippen molar-refractivity contribution in [3.05, 3.63) is 0 Å². The van der Waals surface area contributed by atoms with E-state index >= 15 is 0 Å². The lowest BCUT2D eigenvalue weighted by Gasteiger charge is -2.36. The number of hydrogen-bond acceptors (Lipinski definition) is 3. The summed E-state index contributed by atoms with van der Waals surface area (Å²) in [5, 5.41) is 0. The molecule has 1 heterocycles. The molecule has 2 N–H and O–H groups in total. The van der Waals surface area contributed by atoms with Gasteiger partial charge in [0.2, 0.25) is 5.91 Å². The van der Waals surface area contributed by atoms with Gasteiger partial charge in [-0.05, 0) is 6.92 Å². The van der Waals surface area contributed by atoms with Crippen LogP contribution in [0.5, 0.6) is 0 Å². The number of rotatable bonds is 4. The Kier molecular flexibility index (Phi) is 9.74. The fraction of sp³-hybridized carbons (Fsp3) is 0.900. The van der Waals surface area contributed by atoms with E-state index in [0.29, 0.717) is 0 Å². The summed E-state index contributed by atoms with van der Waals surface area (Å²) in [5.41, 5.74) is 5.42. The molecule has 0 aliphatic carbocycles. The summed E-state index contributed by atoms with van der Waals surface area (Å²) in [4.78, 5) is 14.2. The molecule has 0 spiro atoms. The molecule has 1 fully saturated rings. The number of carbonyl (C=O) groups excluding carboxylic acids is 1. The average Bonchev–Trinajstić information content (AvgIpc) is 2.28. The molecule has 1 amide bonds. The van der Waals surface area contributed by atoms with Crippen LogP contribution in [0.15, 0.2) is 0 Å². The highest BCUT2D eigenvalue weighted by molar-refractivity contribution is 5.85. The summed E-state index contributed by atoms with van der Waals surface area (Å²) < 4.78 is 49.7. The third-order valence-electron chi connectivity index (χ3n) is 2.83. The van der Waals surface area contributed by atoms with Gasteiger partial charge in [0, 0.05) is 26.2 Å². The number of piperazine rings is 1. The van der Waals surface area contributed by atoms with Gasteiger partial charge in [0.15, 0.2) is 0 Å². The van der Waals surface area contributed by atoms with Crippen LogP contribution < -0.4 is 5.73 Å². The van der Waals surface area contributed by atoms with Gasteiger partial charge >= 0.3 is 12.3 Å². The summed E-state index contributed by atoms with van der Waals surface area (Å²) in [6.45, 7) is 1.34. The van der Waals surface area contributed by atoms with Gasteiger partial charge in [-0.1, -0.05) is 0 Å². The maximum atomic E-state index is 12.8. The summed E-state index contributed by atoms with van der Waals surface area (Å²) in [6, 6.07) is -0.640. The number of nitrogens with two attached hydrogens (primary N) is 1. The normalized spacial score (nSPS) is 18.2. The Morgan fingerprint density at radius 3 is 2.00 bits per heavy atom. The fourth-order valence-corrected chi connectivity index (χ4v) is 1.78. The molecular weight excluding hydrogens is 325 g/mol. The van der Waals surface area contributed by atoms with E-state index in [4.69, 9.17) is 5.73 Å². The SMILES string of the molecule is C[C@@H](N)C(=O)N1CCN(CC(F)(F)C(F)F)CC1.Cl.Cl. The lowest BCUT2D eigenvalue weighted by atomic mass is 10.2. The zero-order valence-electron chi connectivity index (χ0n) is 10.9. The Morgan fingerprint density at radius 1 is 1.20 bits per heavy atom. The van der Waals surface area contributed by atoms with Crippen molar-refractivity contribution in [2.24, 2.45) is 5.73 Å².